The Bertz CT molecular complexity index is 474. The van der Waals surface area contributed by atoms with Crippen molar-refractivity contribution in [2.45, 2.75) is 13.5 Å². The molecule has 2 aromatic rings. The van der Waals surface area contributed by atoms with Crippen LogP contribution in [0, 0.1) is 0 Å². The molecule has 0 radical (unpaired) electrons. The van der Waals surface area contributed by atoms with Gasteiger partial charge in [0.2, 0.25) is 0 Å². The lowest BCUT2D eigenvalue weighted by Gasteiger charge is -2.08. The first-order valence-corrected chi connectivity index (χ1v) is 5.90. The molecule has 0 aliphatic carbocycles. The Kier molecular flexibility index (Phi) is 3.37. The second-order valence-electron chi connectivity index (χ2n) is 3.42. The quantitative estimate of drug-likeness (QED) is 0.754. The third-order valence-electron chi connectivity index (χ3n) is 2.22. The molecule has 0 fully saturated rings. The van der Waals surface area contributed by atoms with E-state index in [4.69, 9.17) is 4.74 Å². The molecule has 1 heterocycles. The number of rotatable bonds is 4. The molecule has 0 saturated heterocycles. The molecule has 82 valence electrons. The highest BCUT2D eigenvalue weighted by atomic mass is 32.1. The number of carbonyl (C=O) groups is 1. The van der Waals surface area contributed by atoms with Gasteiger partial charge in [-0.1, -0.05) is 18.2 Å². The minimum Gasteiger partial charge on any atom is -0.487 e. The van der Waals surface area contributed by atoms with Crippen molar-refractivity contribution in [1.82, 2.24) is 0 Å². The van der Waals surface area contributed by atoms with E-state index in [0.29, 0.717) is 17.9 Å². The molecule has 1 aromatic carbocycles. The minimum atomic E-state index is 0.0294. The van der Waals surface area contributed by atoms with Crippen LogP contribution in [0.3, 0.4) is 0 Å². The molecule has 16 heavy (non-hydrogen) atoms. The molecule has 0 atom stereocenters. The third kappa shape index (κ3) is 2.49. The summed E-state index contributed by atoms with van der Waals surface area (Å²) in [6, 6.07) is 11.3. The number of benzene rings is 1. The van der Waals surface area contributed by atoms with Crippen molar-refractivity contribution in [3.05, 3.63) is 52.2 Å². The van der Waals surface area contributed by atoms with Crippen LogP contribution in [-0.2, 0) is 6.61 Å². The van der Waals surface area contributed by atoms with E-state index in [0.717, 1.165) is 4.88 Å². The molecular formula is C13H12O2S. The van der Waals surface area contributed by atoms with Gasteiger partial charge in [-0.3, -0.25) is 4.79 Å². The molecule has 1 aromatic heterocycles. The van der Waals surface area contributed by atoms with Gasteiger partial charge < -0.3 is 4.74 Å². The Morgan fingerprint density at radius 3 is 2.75 bits per heavy atom. The first-order chi connectivity index (χ1) is 7.77. The maximum absolute atomic E-state index is 11.4. The number of thiophene rings is 1. The number of carbonyl (C=O) groups excluding carboxylic acids is 1. The van der Waals surface area contributed by atoms with E-state index in [-0.39, 0.29) is 5.78 Å². The number of ether oxygens (including phenoxy) is 1. The number of Topliss-reactive ketones (excluding diaryl/α,β-unsaturated/α-hetero) is 1. The Morgan fingerprint density at radius 2 is 2.06 bits per heavy atom. The van der Waals surface area contributed by atoms with E-state index in [2.05, 4.69) is 0 Å². The van der Waals surface area contributed by atoms with E-state index in [1.165, 1.54) is 0 Å². The second kappa shape index (κ2) is 4.94. The summed E-state index contributed by atoms with van der Waals surface area (Å²) >= 11 is 1.65. The molecule has 0 amide bonds. The summed E-state index contributed by atoms with van der Waals surface area (Å²) in [6.07, 6.45) is 0. The minimum absolute atomic E-state index is 0.0294. The zero-order valence-electron chi connectivity index (χ0n) is 8.97. The SMILES string of the molecule is CC(=O)c1ccccc1OCc1cccs1. The summed E-state index contributed by atoms with van der Waals surface area (Å²) < 4.78 is 5.63. The van der Waals surface area contributed by atoms with E-state index in [1.54, 1.807) is 24.3 Å². The van der Waals surface area contributed by atoms with Crippen LogP contribution in [0.25, 0.3) is 0 Å². The molecule has 3 heteroatoms. The number of hydrogen-bond acceptors (Lipinski definition) is 3. The average Bonchev–Trinajstić information content (AvgIpc) is 2.79. The van der Waals surface area contributed by atoms with Crippen LogP contribution in [0.15, 0.2) is 41.8 Å². The van der Waals surface area contributed by atoms with Crippen molar-refractivity contribution in [2.75, 3.05) is 0 Å². The van der Waals surface area contributed by atoms with Gasteiger partial charge in [0.1, 0.15) is 12.4 Å². The van der Waals surface area contributed by atoms with Crippen LogP contribution in [0.4, 0.5) is 0 Å². The van der Waals surface area contributed by atoms with Crippen molar-refractivity contribution in [2.24, 2.45) is 0 Å². The van der Waals surface area contributed by atoms with Crippen LogP contribution < -0.4 is 4.74 Å². The first kappa shape index (κ1) is 10.9. The van der Waals surface area contributed by atoms with Gasteiger partial charge in [-0.25, -0.2) is 0 Å². The highest BCUT2D eigenvalue weighted by Crippen LogP contribution is 2.20. The Hall–Kier alpha value is -1.61. The van der Waals surface area contributed by atoms with E-state index in [1.807, 2.05) is 35.7 Å². The van der Waals surface area contributed by atoms with E-state index < -0.39 is 0 Å². The lowest BCUT2D eigenvalue weighted by molar-refractivity contribution is 0.101. The summed E-state index contributed by atoms with van der Waals surface area (Å²) in [5.74, 6) is 0.685. The van der Waals surface area contributed by atoms with Crippen LogP contribution in [0.5, 0.6) is 5.75 Å². The van der Waals surface area contributed by atoms with Gasteiger partial charge >= 0.3 is 0 Å². The van der Waals surface area contributed by atoms with Crippen LogP contribution >= 0.6 is 11.3 Å². The first-order valence-electron chi connectivity index (χ1n) is 5.02. The van der Waals surface area contributed by atoms with Gasteiger partial charge in [0, 0.05) is 4.88 Å². The van der Waals surface area contributed by atoms with Gasteiger partial charge in [0.25, 0.3) is 0 Å². The Morgan fingerprint density at radius 1 is 1.25 bits per heavy atom. The summed E-state index contributed by atoms with van der Waals surface area (Å²) in [5, 5.41) is 2.01. The molecule has 0 bridgehead atoms. The molecule has 0 saturated carbocycles. The monoisotopic (exact) mass is 232 g/mol. The highest BCUT2D eigenvalue weighted by molar-refractivity contribution is 7.09. The van der Waals surface area contributed by atoms with Crippen LogP contribution in [-0.4, -0.2) is 5.78 Å². The molecule has 2 nitrogen and oxygen atoms in total. The fourth-order valence-corrected chi connectivity index (χ4v) is 2.04. The molecule has 0 spiro atoms. The normalized spacial score (nSPS) is 10.1. The topological polar surface area (TPSA) is 26.3 Å². The highest BCUT2D eigenvalue weighted by Gasteiger charge is 2.07. The lowest BCUT2D eigenvalue weighted by Crippen LogP contribution is -2.00. The summed E-state index contributed by atoms with van der Waals surface area (Å²) in [5.41, 5.74) is 0.638. The van der Waals surface area contributed by atoms with Gasteiger partial charge in [-0.15, -0.1) is 11.3 Å². The Balaban J connectivity index is 2.12. The van der Waals surface area contributed by atoms with Gasteiger partial charge in [0.05, 0.1) is 5.56 Å². The summed E-state index contributed by atoms with van der Waals surface area (Å²) in [4.78, 5) is 12.5. The number of para-hydroxylation sites is 1. The van der Waals surface area contributed by atoms with E-state index in [9.17, 15) is 4.79 Å². The average molecular weight is 232 g/mol. The summed E-state index contributed by atoms with van der Waals surface area (Å²) in [6.45, 7) is 2.06. The molecular weight excluding hydrogens is 220 g/mol. The van der Waals surface area contributed by atoms with Crippen molar-refractivity contribution < 1.29 is 9.53 Å². The number of ketones is 1. The smallest absolute Gasteiger partial charge is 0.163 e. The van der Waals surface area contributed by atoms with Gasteiger partial charge in [-0.2, -0.15) is 0 Å². The standard InChI is InChI=1S/C13H12O2S/c1-10(14)12-6-2-3-7-13(12)15-9-11-5-4-8-16-11/h2-8H,9H2,1H3. The molecule has 2 rings (SSSR count). The molecule has 0 aliphatic rings. The predicted octanol–water partition coefficient (Wildman–Crippen LogP) is 3.53. The fraction of sp³-hybridized carbons (Fsp3) is 0.154. The maximum atomic E-state index is 11.4. The zero-order valence-corrected chi connectivity index (χ0v) is 9.79. The zero-order chi connectivity index (χ0) is 11.4. The van der Waals surface area contributed by atoms with Crippen molar-refractivity contribution in [3.63, 3.8) is 0 Å². The second-order valence-corrected chi connectivity index (χ2v) is 4.45. The van der Waals surface area contributed by atoms with E-state index >= 15 is 0 Å². The molecule has 0 N–H and O–H groups in total. The fourth-order valence-electron chi connectivity index (χ4n) is 1.43. The van der Waals surface area contributed by atoms with Crippen molar-refractivity contribution in [3.8, 4) is 5.75 Å². The largest absolute Gasteiger partial charge is 0.487 e. The van der Waals surface area contributed by atoms with Crippen molar-refractivity contribution >= 4 is 17.1 Å². The lowest BCUT2D eigenvalue weighted by atomic mass is 10.1. The Labute approximate surface area is 98.5 Å². The molecule has 0 aliphatic heterocycles. The predicted molar refractivity (Wildman–Crippen MR) is 65.1 cm³/mol. The molecule has 0 unspecified atom stereocenters. The third-order valence-corrected chi connectivity index (χ3v) is 3.07. The van der Waals surface area contributed by atoms with Gasteiger partial charge in [-0.05, 0) is 30.5 Å². The van der Waals surface area contributed by atoms with Crippen molar-refractivity contribution in [1.29, 1.82) is 0 Å². The van der Waals surface area contributed by atoms with Gasteiger partial charge in [0.15, 0.2) is 5.78 Å². The number of hydrogen-bond donors (Lipinski definition) is 0. The maximum Gasteiger partial charge on any atom is 0.163 e. The summed E-state index contributed by atoms with van der Waals surface area (Å²) in [7, 11) is 0. The van der Waals surface area contributed by atoms with Crippen LogP contribution in [0.1, 0.15) is 22.2 Å². The van der Waals surface area contributed by atoms with Crippen LogP contribution in [0.2, 0.25) is 0 Å².